The van der Waals surface area contributed by atoms with Gasteiger partial charge in [-0.25, -0.2) is 0 Å². The number of aryl methyl sites for hydroxylation is 1. The second kappa shape index (κ2) is 8.36. The van der Waals surface area contributed by atoms with Crippen LogP contribution in [0, 0.1) is 6.92 Å². The molecule has 0 saturated heterocycles. The third-order valence-corrected chi connectivity index (χ3v) is 3.65. The monoisotopic (exact) mass is 328 g/mol. The van der Waals surface area contributed by atoms with Crippen molar-refractivity contribution in [2.45, 2.75) is 13.5 Å². The number of amides is 1. The standard InChI is InChI=1S/C19H24N2O3/c1-14-6-5-7-16(10-14)20-19(22)13-21(2)12-15-8-9-17(23-3)11-18(15)24-4/h5-11H,12-13H2,1-4H3,(H,20,22). The highest BCUT2D eigenvalue weighted by molar-refractivity contribution is 5.92. The summed E-state index contributed by atoms with van der Waals surface area (Å²) in [6, 6.07) is 13.4. The van der Waals surface area contributed by atoms with E-state index in [9.17, 15) is 4.79 Å². The van der Waals surface area contributed by atoms with Crippen LogP contribution in [-0.4, -0.2) is 38.6 Å². The lowest BCUT2D eigenvalue weighted by atomic mass is 10.1. The molecule has 1 amide bonds. The van der Waals surface area contributed by atoms with Gasteiger partial charge < -0.3 is 14.8 Å². The molecule has 2 rings (SSSR count). The lowest BCUT2D eigenvalue weighted by Crippen LogP contribution is -2.30. The summed E-state index contributed by atoms with van der Waals surface area (Å²) in [4.78, 5) is 14.1. The third kappa shape index (κ3) is 4.99. The van der Waals surface area contributed by atoms with Crippen LogP contribution in [0.4, 0.5) is 5.69 Å². The van der Waals surface area contributed by atoms with Crippen LogP contribution in [0.1, 0.15) is 11.1 Å². The summed E-state index contributed by atoms with van der Waals surface area (Å²) in [5, 5.41) is 2.91. The largest absolute Gasteiger partial charge is 0.497 e. The molecule has 0 heterocycles. The number of methoxy groups -OCH3 is 2. The summed E-state index contributed by atoms with van der Waals surface area (Å²) in [6.07, 6.45) is 0. The number of nitrogens with zero attached hydrogens (tertiary/aromatic N) is 1. The first-order valence-corrected chi connectivity index (χ1v) is 7.78. The van der Waals surface area contributed by atoms with E-state index in [0.717, 1.165) is 28.3 Å². The maximum Gasteiger partial charge on any atom is 0.238 e. The number of hydrogen-bond donors (Lipinski definition) is 1. The molecule has 0 aliphatic rings. The summed E-state index contributed by atoms with van der Waals surface area (Å²) < 4.78 is 10.6. The Morgan fingerprint density at radius 2 is 1.92 bits per heavy atom. The molecule has 5 nitrogen and oxygen atoms in total. The molecule has 0 bridgehead atoms. The minimum absolute atomic E-state index is 0.0458. The average molecular weight is 328 g/mol. The fourth-order valence-corrected chi connectivity index (χ4v) is 2.50. The van der Waals surface area contributed by atoms with E-state index in [-0.39, 0.29) is 5.91 Å². The molecule has 0 radical (unpaired) electrons. The summed E-state index contributed by atoms with van der Waals surface area (Å²) >= 11 is 0. The van der Waals surface area contributed by atoms with E-state index in [2.05, 4.69) is 5.32 Å². The smallest absolute Gasteiger partial charge is 0.238 e. The maximum atomic E-state index is 12.2. The van der Waals surface area contributed by atoms with Gasteiger partial charge in [0.25, 0.3) is 0 Å². The minimum Gasteiger partial charge on any atom is -0.497 e. The Kier molecular flexibility index (Phi) is 6.21. The topological polar surface area (TPSA) is 50.8 Å². The zero-order chi connectivity index (χ0) is 17.5. The van der Waals surface area contributed by atoms with Crippen molar-refractivity contribution in [2.24, 2.45) is 0 Å². The first-order chi connectivity index (χ1) is 11.5. The Morgan fingerprint density at radius 3 is 2.58 bits per heavy atom. The van der Waals surface area contributed by atoms with Crippen molar-refractivity contribution in [3.05, 3.63) is 53.6 Å². The molecule has 0 aliphatic carbocycles. The molecule has 0 atom stereocenters. The van der Waals surface area contributed by atoms with Crippen LogP contribution in [-0.2, 0) is 11.3 Å². The Morgan fingerprint density at radius 1 is 1.12 bits per heavy atom. The number of carbonyl (C=O) groups is 1. The number of nitrogens with one attached hydrogen (secondary N) is 1. The van der Waals surface area contributed by atoms with Crippen molar-refractivity contribution in [1.82, 2.24) is 4.90 Å². The molecule has 0 unspecified atom stereocenters. The van der Waals surface area contributed by atoms with Gasteiger partial charge in [0.1, 0.15) is 11.5 Å². The highest BCUT2D eigenvalue weighted by Gasteiger charge is 2.11. The van der Waals surface area contributed by atoms with Gasteiger partial charge in [-0.2, -0.15) is 0 Å². The second-order valence-corrected chi connectivity index (χ2v) is 5.77. The Labute approximate surface area is 143 Å². The van der Waals surface area contributed by atoms with E-state index < -0.39 is 0 Å². The van der Waals surface area contributed by atoms with Gasteiger partial charge in [-0.3, -0.25) is 9.69 Å². The van der Waals surface area contributed by atoms with Crippen molar-refractivity contribution >= 4 is 11.6 Å². The van der Waals surface area contributed by atoms with E-state index in [1.807, 2.05) is 61.3 Å². The molecular formula is C19H24N2O3. The van der Waals surface area contributed by atoms with Crippen LogP contribution in [0.25, 0.3) is 0 Å². The van der Waals surface area contributed by atoms with E-state index in [1.165, 1.54) is 0 Å². The Hall–Kier alpha value is -2.53. The summed E-state index contributed by atoms with van der Waals surface area (Å²) in [7, 11) is 5.15. The van der Waals surface area contributed by atoms with Crippen molar-refractivity contribution in [1.29, 1.82) is 0 Å². The molecule has 1 N–H and O–H groups in total. The van der Waals surface area contributed by atoms with Gasteiger partial charge in [-0.15, -0.1) is 0 Å². The van der Waals surface area contributed by atoms with Gasteiger partial charge in [0.05, 0.1) is 20.8 Å². The zero-order valence-electron chi connectivity index (χ0n) is 14.6. The van der Waals surface area contributed by atoms with Gasteiger partial charge in [0.2, 0.25) is 5.91 Å². The lowest BCUT2D eigenvalue weighted by Gasteiger charge is -2.18. The number of benzene rings is 2. The quantitative estimate of drug-likeness (QED) is 0.848. The number of hydrogen-bond acceptors (Lipinski definition) is 4. The Bertz CT molecular complexity index is 701. The van der Waals surface area contributed by atoms with Gasteiger partial charge in [-0.1, -0.05) is 18.2 Å². The van der Waals surface area contributed by atoms with E-state index in [4.69, 9.17) is 9.47 Å². The maximum absolute atomic E-state index is 12.2. The lowest BCUT2D eigenvalue weighted by molar-refractivity contribution is -0.117. The minimum atomic E-state index is -0.0458. The first kappa shape index (κ1) is 17.8. The van der Waals surface area contributed by atoms with Gasteiger partial charge >= 0.3 is 0 Å². The predicted octanol–water partition coefficient (Wildman–Crippen LogP) is 3.08. The van der Waals surface area contributed by atoms with Crippen molar-refractivity contribution in [3.8, 4) is 11.5 Å². The summed E-state index contributed by atoms with van der Waals surface area (Å²) in [6.45, 7) is 2.90. The van der Waals surface area contributed by atoms with Gasteiger partial charge in [-0.05, 0) is 37.7 Å². The molecule has 0 spiro atoms. The van der Waals surface area contributed by atoms with E-state index in [1.54, 1.807) is 14.2 Å². The van der Waals surface area contributed by atoms with Crippen LogP contribution in [0.3, 0.4) is 0 Å². The van der Waals surface area contributed by atoms with Crippen LogP contribution >= 0.6 is 0 Å². The van der Waals surface area contributed by atoms with Crippen LogP contribution in [0.2, 0.25) is 0 Å². The van der Waals surface area contributed by atoms with E-state index >= 15 is 0 Å². The molecule has 5 heteroatoms. The van der Waals surface area contributed by atoms with Crippen molar-refractivity contribution < 1.29 is 14.3 Å². The average Bonchev–Trinajstić information content (AvgIpc) is 2.54. The molecular weight excluding hydrogens is 304 g/mol. The van der Waals surface area contributed by atoms with E-state index in [0.29, 0.717) is 13.1 Å². The molecule has 0 aliphatic heterocycles. The molecule has 2 aromatic rings. The number of anilines is 1. The first-order valence-electron chi connectivity index (χ1n) is 7.78. The molecule has 0 aromatic heterocycles. The normalized spacial score (nSPS) is 10.5. The molecule has 24 heavy (non-hydrogen) atoms. The fraction of sp³-hybridized carbons (Fsp3) is 0.316. The molecule has 0 fully saturated rings. The molecule has 128 valence electrons. The van der Waals surface area contributed by atoms with Crippen LogP contribution in [0.5, 0.6) is 11.5 Å². The van der Waals surface area contributed by atoms with Gasteiger partial charge in [0.15, 0.2) is 0 Å². The number of rotatable bonds is 7. The second-order valence-electron chi connectivity index (χ2n) is 5.77. The predicted molar refractivity (Wildman–Crippen MR) is 95.7 cm³/mol. The van der Waals surface area contributed by atoms with Crippen molar-refractivity contribution in [2.75, 3.05) is 33.1 Å². The number of likely N-dealkylation sites (N-methyl/N-ethyl adjacent to an activating group) is 1. The number of ether oxygens (including phenoxy) is 2. The zero-order valence-corrected chi connectivity index (χ0v) is 14.6. The fourth-order valence-electron chi connectivity index (χ4n) is 2.50. The van der Waals surface area contributed by atoms with Gasteiger partial charge in [0, 0.05) is 23.9 Å². The van der Waals surface area contributed by atoms with Crippen molar-refractivity contribution in [3.63, 3.8) is 0 Å². The highest BCUT2D eigenvalue weighted by Crippen LogP contribution is 2.25. The molecule has 2 aromatic carbocycles. The number of carbonyl (C=O) groups excluding carboxylic acids is 1. The highest BCUT2D eigenvalue weighted by atomic mass is 16.5. The SMILES string of the molecule is COc1ccc(CN(C)CC(=O)Nc2cccc(C)c2)c(OC)c1. The molecule has 0 saturated carbocycles. The summed E-state index contributed by atoms with van der Waals surface area (Å²) in [5.41, 5.74) is 2.93. The third-order valence-electron chi connectivity index (χ3n) is 3.65. The Balaban J connectivity index is 1.95. The van der Waals surface area contributed by atoms with Crippen LogP contribution < -0.4 is 14.8 Å². The summed E-state index contributed by atoms with van der Waals surface area (Å²) in [5.74, 6) is 1.45. The van der Waals surface area contributed by atoms with Crippen LogP contribution in [0.15, 0.2) is 42.5 Å².